The van der Waals surface area contributed by atoms with Crippen LogP contribution in [0.3, 0.4) is 0 Å². The van der Waals surface area contributed by atoms with Gasteiger partial charge in [0.2, 0.25) is 0 Å². The van der Waals surface area contributed by atoms with Crippen molar-refractivity contribution in [1.82, 2.24) is 0 Å². The van der Waals surface area contributed by atoms with E-state index < -0.39 is 5.79 Å². The van der Waals surface area contributed by atoms with Crippen LogP contribution in [0.15, 0.2) is 60.7 Å². The summed E-state index contributed by atoms with van der Waals surface area (Å²) in [6.45, 7) is 13.2. The van der Waals surface area contributed by atoms with Crippen LogP contribution in [0, 0.1) is 0 Å². The van der Waals surface area contributed by atoms with Gasteiger partial charge in [0.05, 0.1) is 13.2 Å². The van der Waals surface area contributed by atoms with Crippen LogP contribution in [0.25, 0.3) is 0 Å². The molecular weight excluding hydrogens is 344 g/mol. The summed E-state index contributed by atoms with van der Waals surface area (Å²) >= 11 is 0. The van der Waals surface area contributed by atoms with Crippen molar-refractivity contribution in [3.63, 3.8) is 0 Å². The molecule has 1 saturated carbocycles. The fraction of sp³-hybridized carbons (Fsp3) is 0.538. The molecule has 0 bridgehead atoms. The average molecular weight is 389 g/mol. The molecule has 0 aliphatic heterocycles. The zero-order chi connectivity index (χ0) is 21.1. The predicted octanol–water partition coefficient (Wildman–Crippen LogP) is 8.41. The summed E-state index contributed by atoms with van der Waals surface area (Å²) in [5.41, 5.74) is 2.41. The summed E-state index contributed by atoms with van der Waals surface area (Å²) < 4.78 is 12.5. The van der Waals surface area contributed by atoms with Gasteiger partial charge in [-0.25, -0.2) is 0 Å². The molecule has 2 heteroatoms. The summed E-state index contributed by atoms with van der Waals surface area (Å²) in [7, 11) is 0. The van der Waals surface area contributed by atoms with Gasteiger partial charge < -0.3 is 9.47 Å². The van der Waals surface area contributed by atoms with Gasteiger partial charge in [0.15, 0.2) is 5.79 Å². The molecule has 2 aromatic carbocycles. The van der Waals surface area contributed by atoms with Gasteiger partial charge in [0.25, 0.3) is 0 Å². The van der Waals surface area contributed by atoms with E-state index in [0.29, 0.717) is 13.2 Å². The van der Waals surface area contributed by atoms with Crippen molar-refractivity contribution in [2.24, 2.45) is 0 Å². The fourth-order valence-electron chi connectivity index (χ4n) is 3.00. The summed E-state index contributed by atoms with van der Waals surface area (Å²) in [5.74, 6) is -0.413. The number of hydrogen-bond donors (Lipinski definition) is 0. The standard InChI is InChI=1S/C20H24O2.3C2H6.H2/c1-4-10-18(11-5-1)16-21-20(14-8-3-9-15-20)22-17-19-12-6-2-7-13-19;3*1-2;/h1-2,4-7,10-13H,3,8-9,14-17H2;3*1-2H3;1H. The molecule has 1 fully saturated rings. The molecule has 0 atom stereocenters. The molecule has 0 unspecified atom stereocenters. The second kappa shape index (κ2) is 17.5. The van der Waals surface area contributed by atoms with Crippen LogP contribution in [-0.4, -0.2) is 5.79 Å². The van der Waals surface area contributed by atoms with E-state index in [-0.39, 0.29) is 1.43 Å². The van der Waals surface area contributed by atoms with Gasteiger partial charge in [0, 0.05) is 14.3 Å². The quantitative estimate of drug-likeness (QED) is 0.462. The van der Waals surface area contributed by atoms with Crippen LogP contribution in [0.2, 0.25) is 0 Å². The third-order valence-electron chi connectivity index (χ3n) is 4.30. The molecule has 0 aromatic heterocycles. The van der Waals surface area contributed by atoms with Crippen LogP contribution in [0.5, 0.6) is 0 Å². The van der Waals surface area contributed by atoms with E-state index in [1.54, 1.807) is 0 Å². The third kappa shape index (κ3) is 10.1. The lowest BCUT2D eigenvalue weighted by atomic mass is 9.94. The van der Waals surface area contributed by atoms with Gasteiger partial charge in [-0.15, -0.1) is 0 Å². The second-order valence-electron chi connectivity index (χ2n) is 6.02. The number of ether oxygens (including phenoxy) is 2. The van der Waals surface area contributed by atoms with Gasteiger partial charge in [0.1, 0.15) is 0 Å². The predicted molar refractivity (Wildman–Crippen MR) is 124 cm³/mol. The molecular formula is C26H44O2. The monoisotopic (exact) mass is 388 g/mol. The highest BCUT2D eigenvalue weighted by Gasteiger charge is 2.34. The maximum atomic E-state index is 6.26. The van der Waals surface area contributed by atoms with Crippen molar-refractivity contribution in [1.29, 1.82) is 0 Å². The van der Waals surface area contributed by atoms with Crippen molar-refractivity contribution >= 4 is 0 Å². The van der Waals surface area contributed by atoms with E-state index in [1.807, 2.05) is 53.7 Å². The minimum Gasteiger partial charge on any atom is -0.345 e. The fourth-order valence-corrected chi connectivity index (χ4v) is 3.00. The molecule has 0 N–H and O–H groups in total. The number of hydrogen-bond acceptors (Lipinski definition) is 2. The Morgan fingerprint density at radius 2 is 0.964 bits per heavy atom. The van der Waals surface area contributed by atoms with E-state index in [2.05, 4.69) is 48.5 Å². The van der Waals surface area contributed by atoms with Crippen molar-refractivity contribution < 1.29 is 10.9 Å². The minimum atomic E-state index is -0.413. The van der Waals surface area contributed by atoms with Gasteiger partial charge in [-0.05, 0) is 24.0 Å². The molecule has 1 aliphatic carbocycles. The highest BCUT2D eigenvalue weighted by atomic mass is 16.7. The van der Waals surface area contributed by atoms with Crippen molar-refractivity contribution in [3.8, 4) is 0 Å². The summed E-state index contributed by atoms with van der Waals surface area (Å²) in [6, 6.07) is 20.7. The first-order valence-corrected chi connectivity index (χ1v) is 11.2. The van der Waals surface area contributed by atoms with Crippen LogP contribution in [-0.2, 0) is 22.7 Å². The van der Waals surface area contributed by atoms with Gasteiger partial charge in [-0.2, -0.15) is 0 Å². The van der Waals surface area contributed by atoms with E-state index in [4.69, 9.17) is 9.47 Å². The Balaban J connectivity index is 0. The highest BCUT2D eigenvalue weighted by Crippen LogP contribution is 2.34. The molecule has 0 spiro atoms. The lowest BCUT2D eigenvalue weighted by Crippen LogP contribution is -2.38. The maximum Gasteiger partial charge on any atom is 0.169 e. The Bertz CT molecular complexity index is 506. The summed E-state index contributed by atoms with van der Waals surface area (Å²) in [4.78, 5) is 0. The van der Waals surface area contributed by atoms with Gasteiger partial charge in [-0.1, -0.05) is 109 Å². The smallest absolute Gasteiger partial charge is 0.169 e. The number of benzene rings is 2. The molecule has 0 radical (unpaired) electrons. The van der Waals surface area contributed by atoms with Gasteiger partial charge in [-0.3, -0.25) is 0 Å². The average Bonchev–Trinajstić information content (AvgIpc) is 2.82. The maximum absolute atomic E-state index is 6.26. The van der Waals surface area contributed by atoms with Crippen LogP contribution < -0.4 is 0 Å². The van der Waals surface area contributed by atoms with Crippen molar-refractivity contribution in [2.45, 2.75) is 92.6 Å². The Hall–Kier alpha value is -1.64. The van der Waals surface area contributed by atoms with E-state index in [0.717, 1.165) is 12.8 Å². The minimum absolute atomic E-state index is 0. The van der Waals surface area contributed by atoms with Crippen LogP contribution in [0.1, 0.15) is 86.2 Å². The van der Waals surface area contributed by atoms with E-state index in [1.165, 1.54) is 30.4 Å². The van der Waals surface area contributed by atoms with E-state index >= 15 is 0 Å². The first-order valence-electron chi connectivity index (χ1n) is 11.2. The molecule has 2 aromatic rings. The zero-order valence-corrected chi connectivity index (χ0v) is 19.0. The van der Waals surface area contributed by atoms with Crippen molar-refractivity contribution in [2.75, 3.05) is 0 Å². The lowest BCUT2D eigenvalue weighted by Gasteiger charge is -2.37. The molecule has 2 nitrogen and oxygen atoms in total. The lowest BCUT2D eigenvalue weighted by molar-refractivity contribution is -0.264. The third-order valence-corrected chi connectivity index (χ3v) is 4.30. The van der Waals surface area contributed by atoms with Crippen LogP contribution in [0.4, 0.5) is 0 Å². The molecule has 0 amide bonds. The number of rotatable bonds is 6. The molecule has 160 valence electrons. The molecule has 28 heavy (non-hydrogen) atoms. The Morgan fingerprint density at radius 3 is 1.32 bits per heavy atom. The Morgan fingerprint density at radius 1 is 0.607 bits per heavy atom. The summed E-state index contributed by atoms with van der Waals surface area (Å²) in [6.07, 6.45) is 5.64. The first kappa shape index (κ1) is 26.4. The Labute approximate surface area is 175 Å². The SMILES string of the molecule is CC.CC.CC.[HH].c1ccc(COC2(OCc3ccccc3)CCCCC2)cc1. The van der Waals surface area contributed by atoms with Crippen LogP contribution >= 0.6 is 0 Å². The topological polar surface area (TPSA) is 18.5 Å². The van der Waals surface area contributed by atoms with Crippen molar-refractivity contribution in [3.05, 3.63) is 71.8 Å². The van der Waals surface area contributed by atoms with E-state index in [9.17, 15) is 0 Å². The molecule has 1 aliphatic rings. The van der Waals surface area contributed by atoms with Gasteiger partial charge >= 0.3 is 0 Å². The second-order valence-corrected chi connectivity index (χ2v) is 6.02. The highest BCUT2D eigenvalue weighted by molar-refractivity contribution is 5.14. The molecule has 0 saturated heterocycles. The normalized spacial score (nSPS) is 14.2. The zero-order valence-electron chi connectivity index (χ0n) is 19.0. The molecule has 0 heterocycles. The summed E-state index contributed by atoms with van der Waals surface area (Å²) in [5, 5.41) is 0. The Kier molecular flexibility index (Phi) is 16.4. The largest absolute Gasteiger partial charge is 0.345 e. The first-order chi connectivity index (χ1) is 13.9. The molecule has 3 rings (SSSR count).